The molecule has 7 nitrogen and oxygen atoms in total. The Kier molecular flexibility index (Phi) is 6.43. The molecular formula is C29H29N5O2. The zero-order valence-corrected chi connectivity index (χ0v) is 20.8. The van der Waals surface area contributed by atoms with Crippen LogP contribution in [0.2, 0.25) is 0 Å². The highest BCUT2D eigenvalue weighted by Crippen LogP contribution is 2.41. The van der Waals surface area contributed by atoms with Crippen molar-refractivity contribution in [1.29, 1.82) is 5.26 Å². The lowest BCUT2D eigenvalue weighted by molar-refractivity contribution is -0.119. The second-order valence-corrected chi connectivity index (χ2v) is 9.53. The van der Waals surface area contributed by atoms with Gasteiger partial charge in [-0.15, -0.1) is 0 Å². The molecule has 0 radical (unpaired) electrons. The minimum atomic E-state index is -0.0473. The van der Waals surface area contributed by atoms with Crippen molar-refractivity contribution >= 4 is 22.5 Å². The average molecular weight is 480 g/mol. The minimum Gasteiger partial charge on any atom is -0.424 e. The second kappa shape index (κ2) is 9.82. The Labute approximate surface area is 210 Å². The minimum absolute atomic E-state index is 0.0140. The normalized spacial score (nSPS) is 13.8. The molecule has 1 atom stereocenters. The van der Waals surface area contributed by atoms with Crippen LogP contribution in [-0.4, -0.2) is 20.4 Å². The first kappa shape index (κ1) is 23.6. The molecular weight excluding hydrogens is 450 g/mol. The van der Waals surface area contributed by atoms with E-state index in [2.05, 4.69) is 25.9 Å². The lowest BCUT2D eigenvalue weighted by Gasteiger charge is -2.15. The van der Waals surface area contributed by atoms with Crippen molar-refractivity contribution in [3.05, 3.63) is 66.0 Å². The molecule has 36 heavy (non-hydrogen) atoms. The summed E-state index contributed by atoms with van der Waals surface area (Å²) in [6.45, 7) is 6.79. The van der Waals surface area contributed by atoms with Gasteiger partial charge in [-0.2, -0.15) is 5.26 Å². The van der Waals surface area contributed by atoms with Gasteiger partial charge < -0.3 is 14.6 Å². The van der Waals surface area contributed by atoms with Gasteiger partial charge in [-0.25, -0.2) is 9.97 Å². The number of hydrogen-bond acceptors (Lipinski definition) is 5. The van der Waals surface area contributed by atoms with E-state index < -0.39 is 0 Å². The smallest absolute Gasteiger partial charge is 0.321 e. The van der Waals surface area contributed by atoms with E-state index in [-0.39, 0.29) is 17.8 Å². The van der Waals surface area contributed by atoms with Gasteiger partial charge in [0.25, 0.3) is 0 Å². The quantitative estimate of drug-likeness (QED) is 0.313. The maximum atomic E-state index is 12.4. The van der Waals surface area contributed by atoms with Crippen molar-refractivity contribution in [2.45, 2.75) is 46.6 Å². The summed E-state index contributed by atoms with van der Waals surface area (Å²) in [7, 11) is 0. The van der Waals surface area contributed by atoms with Crippen LogP contribution in [0.25, 0.3) is 22.2 Å². The molecule has 1 aliphatic carbocycles. The van der Waals surface area contributed by atoms with Crippen molar-refractivity contribution in [3.8, 4) is 29.1 Å². The number of aryl methyl sites for hydroxylation is 1. The molecule has 1 fully saturated rings. The standard InChI is InChI=1S/C29H29N5O2/c1-4-18(2)28(35)33-21-8-10-23(19(3)14-21)27-25(16-30)24-11-9-22(36-29-31-12-5-13-32-29)15-26(24)34(27)17-20-6-7-20/h5,8-15,18,20H,4,6-7,17H2,1-3H3,(H,33,35). The van der Waals surface area contributed by atoms with Crippen LogP contribution in [0.3, 0.4) is 0 Å². The van der Waals surface area contributed by atoms with E-state index in [1.54, 1.807) is 18.5 Å². The number of aromatic nitrogens is 3. The fourth-order valence-electron chi connectivity index (χ4n) is 4.44. The van der Waals surface area contributed by atoms with Crippen molar-refractivity contribution in [3.63, 3.8) is 0 Å². The Morgan fingerprint density at radius 1 is 1.22 bits per heavy atom. The fraction of sp³-hybridized carbons (Fsp3) is 0.310. The second-order valence-electron chi connectivity index (χ2n) is 9.53. The molecule has 2 aromatic heterocycles. The van der Waals surface area contributed by atoms with E-state index in [0.29, 0.717) is 17.2 Å². The van der Waals surface area contributed by atoms with Crippen LogP contribution in [0.5, 0.6) is 11.8 Å². The van der Waals surface area contributed by atoms with Crippen molar-refractivity contribution in [2.75, 3.05) is 5.32 Å². The lowest BCUT2D eigenvalue weighted by Crippen LogP contribution is -2.19. The molecule has 5 rings (SSSR count). The Bertz CT molecular complexity index is 1460. The summed E-state index contributed by atoms with van der Waals surface area (Å²) in [5.41, 5.74) is 5.26. The summed E-state index contributed by atoms with van der Waals surface area (Å²) in [5, 5.41) is 14.1. The molecule has 2 heterocycles. The van der Waals surface area contributed by atoms with Gasteiger partial charge in [-0.1, -0.05) is 19.9 Å². The van der Waals surface area contributed by atoms with Crippen LogP contribution in [-0.2, 0) is 11.3 Å². The van der Waals surface area contributed by atoms with Crippen LogP contribution in [0.15, 0.2) is 54.9 Å². The van der Waals surface area contributed by atoms with Crippen molar-refractivity contribution in [1.82, 2.24) is 14.5 Å². The molecule has 7 heteroatoms. The van der Waals surface area contributed by atoms with Crippen LogP contribution < -0.4 is 10.1 Å². The van der Waals surface area contributed by atoms with Gasteiger partial charge in [0.1, 0.15) is 11.8 Å². The number of benzene rings is 2. The zero-order valence-electron chi connectivity index (χ0n) is 20.8. The Hall–Kier alpha value is -4.18. The summed E-state index contributed by atoms with van der Waals surface area (Å²) in [4.78, 5) is 20.7. The Morgan fingerprint density at radius 2 is 2.00 bits per heavy atom. The highest BCUT2D eigenvalue weighted by molar-refractivity contribution is 5.97. The van der Waals surface area contributed by atoms with E-state index in [0.717, 1.165) is 46.4 Å². The molecule has 1 N–H and O–H groups in total. The molecule has 0 bridgehead atoms. The number of carbonyl (C=O) groups is 1. The maximum absolute atomic E-state index is 12.4. The third-order valence-electron chi connectivity index (χ3n) is 6.85. The van der Waals surface area contributed by atoms with Gasteiger partial charge in [0.2, 0.25) is 5.91 Å². The third kappa shape index (κ3) is 4.67. The fourth-order valence-corrected chi connectivity index (χ4v) is 4.44. The summed E-state index contributed by atoms with van der Waals surface area (Å²) < 4.78 is 8.15. The van der Waals surface area contributed by atoms with Gasteiger partial charge in [-0.3, -0.25) is 4.79 Å². The number of ether oxygens (including phenoxy) is 1. The summed E-state index contributed by atoms with van der Waals surface area (Å²) in [5.74, 6) is 1.19. The number of nitrogens with zero attached hydrogens (tertiary/aromatic N) is 4. The maximum Gasteiger partial charge on any atom is 0.321 e. The van der Waals surface area contributed by atoms with E-state index in [9.17, 15) is 10.1 Å². The Morgan fingerprint density at radius 3 is 2.67 bits per heavy atom. The first-order valence-corrected chi connectivity index (χ1v) is 12.4. The molecule has 0 aliphatic heterocycles. The molecule has 0 spiro atoms. The van der Waals surface area contributed by atoms with E-state index in [1.165, 1.54) is 12.8 Å². The topological polar surface area (TPSA) is 92.8 Å². The predicted molar refractivity (Wildman–Crippen MR) is 140 cm³/mol. The molecule has 0 saturated heterocycles. The summed E-state index contributed by atoms with van der Waals surface area (Å²) >= 11 is 0. The number of carbonyl (C=O) groups excluding carboxylic acids is 1. The lowest BCUT2D eigenvalue weighted by atomic mass is 10.0. The molecule has 1 unspecified atom stereocenters. The van der Waals surface area contributed by atoms with Gasteiger partial charge in [0.15, 0.2) is 0 Å². The van der Waals surface area contributed by atoms with Crippen molar-refractivity contribution in [2.24, 2.45) is 11.8 Å². The third-order valence-corrected chi connectivity index (χ3v) is 6.85. The van der Waals surface area contributed by atoms with Crippen LogP contribution >= 0.6 is 0 Å². The number of nitrogens with one attached hydrogen (secondary N) is 1. The monoisotopic (exact) mass is 479 g/mol. The zero-order chi connectivity index (χ0) is 25.2. The van der Waals surface area contributed by atoms with Gasteiger partial charge in [-0.05, 0) is 68.0 Å². The first-order valence-electron chi connectivity index (χ1n) is 12.4. The SMILES string of the molecule is CCC(C)C(=O)Nc1ccc(-c2c(C#N)c3ccc(Oc4ncccn4)cc3n2CC2CC2)c(C)c1. The predicted octanol–water partition coefficient (Wildman–Crippen LogP) is 6.47. The van der Waals surface area contributed by atoms with E-state index >= 15 is 0 Å². The molecule has 4 aromatic rings. The van der Waals surface area contributed by atoms with Crippen LogP contribution in [0.1, 0.15) is 44.2 Å². The van der Waals surface area contributed by atoms with Crippen molar-refractivity contribution < 1.29 is 9.53 Å². The largest absolute Gasteiger partial charge is 0.424 e. The average Bonchev–Trinajstić information content (AvgIpc) is 3.66. The van der Waals surface area contributed by atoms with Crippen LogP contribution in [0.4, 0.5) is 5.69 Å². The molecule has 182 valence electrons. The molecule has 1 amide bonds. The summed E-state index contributed by atoms with van der Waals surface area (Å²) in [6, 6.07) is 16.2. The number of rotatable bonds is 8. The van der Waals surface area contributed by atoms with Crippen LogP contribution in [0, 0.1) is 30.1 Å². The molecule has 2 aromatic carbocycles. The number of amides is 1. The molecule has 1 saturated carbocycles. The Balaban J connectivity index is 1.59. The van der Waals surface area contributed by atoms with Gasteiger partial charge in [0.05, 0.1) is 16.8 Å². The van der Waals surface area contributed by atoms with E-state index in [1.807, 2.05) is 57.2 Å². The first-order chi connectivity index (χ1) is 17.5. The summed E-state index contributed by atoms with van der Waals surface area (Å²) in [6.07, 6.45) is 6.45. The highest BCUT2D eigenvalue weighted by Gasteiger charge is 2.27. The molecule has 1 aliphatic rings. The highest BCUT2D eigenvalue weighted by atomic mass is 16.5. The number of fused-ring (bicyclic) bond motifs is 1. The van der Waals surface area contributed by atoms with Gasteiger partial charge in [0, 0.05) is 47.6 Å². The number of nitriles is 1. The number of hydrogen-bond donors (Lipinski definition) is 1. The number of anilines is 1. The van der Waals surface area contributed by atoms with Gasteiger partial charge >= 0.3 is 6.01 Å². The van der Waals surface area contributed by atoms with E-state index in [4.69, 9.17) is 4.74 Å².